The molecule has 0 spiro atoms. The Morgan fingerprint density at radius 1 is 1.17 bits per heavy atom. The SMILES string of the molecule is C1=C(c2cc[nH]c3cnc4nccc4c23)CNC1. The second kappa shape index (κ2) is 3.65. The number of nitrogens with zero attached hydrogens (tertiary/aromatic N) is 2. The van der Waals surface area contributed by atoms with Gasteiger partial charge in [-0.3, -0.25) is 0 Å². The Bertz CT molecular complexity index is 770. The van der Waals surface area contributed by atoms with Gasteiger partial charge < -0.3 is 10.3 Å². The van der Waals surface area contributed by atoms with Gasteiger partial charge in [0.25, 0.3) is 0 Å². The molecular formula is C14H12N4. The molecule has 4 nitrogen and oxygen atoms in total. The smallest absolute Gasteiger partial charge is 0.159 e. The first-order valence-electron chi connectivity index (χ1n) is 6.04. The Hall–Kier alpha value is -2.20. The summed E-state index contributed by atoms with van der Waals surface area (Å²) < 4.78 is 0. The first-order chi connectivity index (χ1) is 8.93. The normalized spacial score (nSPS) is 15.4. The highest BCUT2D eigenvalue weighted by Gasteiger charge is 2.13. The molecule has 0 aliphatic carbocycles. The van der Waals surface area contributed by atoms with E-state index in [2.05, 4.69) is 32.4 Å². The largest absolute Gasteiger partial charge is 0.360 e. The number of H-pyrrole nitrogens is 1. The predicted octanol–water partition coefficient (Wildman–Crippen LogP) is 2.10. The number of hydrogen-bond acceptors (Lipinski definition) is 3. The van der Waals surface area contributed by atoms with E-state index in [0.29, 0.717) is 0 Å². The molecule has 4 heteroatoms. The van der Waals surface area contributed by atoms with Gasteiger partial charge in [-0.25, -0.2) is 9.97 Å². The van der Waals surface area contributed by atoms with Crippen LogP contribution in [0.2, 0.25) is 0 Å². The number of rotatable bonds is 1. The number of aromatic amines is 1. The van der Waals surface area contributed by atoms with Crippen molar-refractivity contribution in [1.29, 1.82) is 0 Å². The summed E-state index contributed by atoms with van der Waals surface area (Å²) in [6.07, 6.45) is 7.89. The molecule has 1 aliphatic heterocycles. The highest BCUT2D eigenvalue weighted by Crippen LogP contribution is 2.29. The van der Waals surface area contributed by atoms with E-state index in [-0.39, 0.29) is 0 Å². The van der Waals surface area contributed by atoms with Crippen molar-refractivity contribution in [2.24, 2.45) is 0 Å². The first-order valence-corrected chi connectivity index (χ1v) is 6.04. The van der Waals surface area contributed by atoms with Crippen molar-refractivity contribution in [3.05, 3.63) is 42.4 Å². The summed E-state index contributed by atoms with van der Waals surface area (Å²) in [4.78, 5) is 11.9. The Morgan fingerprint density at radius 3 is 3.06 bits per heavy atom. The number of fused-ring (bicyclic) bond motifs is 3. The van der Waals surface area contributed by atoms with Crippen LogP contribution in [-0.2, 0) is 0 Å². The Morgan fingerprint density at radius 2 is 2.17 bits per heavy atom. The molecule has 0 radical (unpaired) electrons. The van der Waals surface area contributed by atoms with Gasteiger partial charge in [0.15, 0.2) is 5.65 Å². The number of pyridine rings is 2. The van der Waals surface area contributed by atoms with E-state index < -0.39 is 0 Å². The average molecular weight is 236 g/mol. The summed E-state index contributed by atoms with van der Waals surface area (Å²) in [6, 6.07) is 4.17. The van der Waals surface area contributed by atoms with Gasteiger partial charge in [0.2, 0.25) is 0 Å². The van der Waals surface area contributed by atoms with Crippen molar-refractivity contribution in [2.75, 3.05) is 13.1 Å². The van der Waals surface area contributed by atoms with E-state index in [4.69, 9.17) is 0 Å². The summed E-state index contributed by atoms with van der Waals surface area (Å²) in [5, 5.41) is 5.68. The van der Waals surface area contributed by atoms with Gasteiger partial charge in [-0.1, -0.05) is 6.08 Å². The first kappa shape index (κ1) is 9.79. The third-order valence-electron chi connectivity index (χ3n) is 3.45. The summed E-state index contributed by atoms with van der Waals surface area (Å²) >= 11 is 0. The standard InChI is InChI=1S/C14H12N4/c1-4-15-7-9(1)10-2-5-16-12-8-18-14-11(13(10)12)3-6-17-14/h1-3,5-6,8,15-16H,4,7H2. The molecule has 3 aromatic rings. The zero-order valence-corrected chi connectivity index (χ0v) is 9.77. The topological polar surface area (TPSA) is 53.6 Å². The fourth-order valence-corrected chi connectivity index (χ4v) is 2.60. The molecule has 3 aromatic heterocycles. The van der Waals surface area contributed by atoms with E-state index in [0.717, 1.165) is 29.6 Å². The van der Waals surface area contributed by atoms with Crippen LogP contribution in [0, 0.1) is 0 Å². The maximum Gasteiger partial charge on any atom is 0.159 e. The minimum Gasteiger partial charge on any atom is -0.360 e. The molecule has 4 rings (SSSR count). The quantitative estimate of drug-likeness (QED) is 0.680. The molecule has 0 atom stereocenters. The second-order valence-electron chi connectivity index (χ2n) is 4.48. The predicted molar refractivity (Wildman–Crippen MR) is 72.2 cm³/mol. The van der Waals surface area contributed by atoms with Crippen LogP contribution in [0.3, 0.4) is 0 Å². The Balaban J connectivity index is 2.15. The van der Waals surface area contributed by atoms with Crippen LogP contribution in [0.1, 0.15) is 5.56 Å². The summed E-state index contributed by atoms with van der Waals surface area (Å²) in [6.45, 7) is 1.87. The second-order valence-corrected chi connectivity index (χ2v) is 4.48. The molecule has 0 bridgehead atoms. The Kier molecular flexibility index (Phi) is 1.98. The lowest BCUT2D eigenvalue weighted by Crippen LogP contribution is -2.07. The fraction of sp³-hybridized carbons (Fsp3) is 0.143. The lowest BCUT2D eigenvalue weighted by Gasteiger charge is -2.08. The van der Waals surface area contributed by atoms with Crippen molar-refractivity contribution < 1.29 is 0 Å². The molecule has 88 valence electrons. The molecule has 0 amide bonds. The van der Waals surface area contributed by atoms with Crippen LogP contribution >= 0.6 is 0 Å². The van der Waals surface area contributed by atoms with Crippen LogP contribution in [0.15, 0.2) is 36.8 Å². The van der Waals surface area contributed by atoms with Crippen molar-refractivity contribution in [3.8, 4) is 0 Å². The van der Waals surface area contributed by atoms with E-state index in [1.807, 2.05) is 24.7 Å². The van der Waals surface area contributed by atoms with Gasteiger partial charge in [-0.05, 0) is 23.3 Å². The van der Waals surface area contributed by atoms with E-state index in [1.54, 1.807) is 0 Å². The fourth-order valence-electron chi connectivity index (χ4n) is 2.60. The lowest BCUT2D eigenvalue weighted by molar-refractivity contribution is 0.897. The zero-order chi connectivity index (χ0) is 11.9. The third kappa shape index (κ3) is 1.29. The minimum atomic E-state index is 0.815. The number of nitrogens with one attached hydrogen (secondary N) is 2. The summed E-state index contributed by atoms with van der Waals surface area (Å²) in [5.41, 5.74) is 4.49. The van der Waals surface area contributed by atoms with Crippen molar-refractivity contribution in [2.45, 2.75) is 0 Å². The summed E-state index contributed by atoms with van der Waals surface area (Å²) in [5.74, 6) is 0. The minimum absolute atomic E-state index is 0.815. The maximum atomic E-state index is 4.36. The molecule has 0 unspecified atom stereocenters. The van der Waals surface area contributed by atoms with Gasteiger partial charge in [0.1, 0.15) is 0 Å². The lowest BCUT2D eigenvalue weighted by atomic mass is 10.0. The maximum absolute atomic E-state index is 4.36. The van der Waals surface area contributed by atoms with E-state index in [1.165, 1.54) is 16.5 Å². The highest BCUT2D eigenvalue weighted by molar-refractivity contribution is 6.08. The van der Waals surface area contributed by atoms with Gasteiger partial charge in [0, 0.05) is 36.3 Å². The highest BCUT2D eigenvalue weighted by atomic mass is 14.9. The Labute approximate surface area is 104 Å². The van der Waals surface area contributed by atoms with Gasteiger partial charge in [-0.2, -0.15) is 0 Å². The molecule has 0 saturated carbocycles. The number of hydrogen-bond donors (Lipinski definition) is 2. The molecule has 4 heterocycles. The van der Waals surface area contributed by atoms with Crippen LogP contribution in [-0.4, -0.2) is 28.0 Å². The molecule has 0 fully saturated rings. The molecule has 1 aliphatic rings. The molecule has 18 heavy (non-hydrogen) atoms. The van der Waals surface area contributed by atoms with Gasteiger partial charge in [0.05, 0.1) is 11.7 Å². The van der Waals surface area contributed by atoms with Crippen LogP contribution < -0.4 is 5.32 Å². The summed E-state index contributed by atoms with van der Waals surface area (Å²) in [7, 11) is 0. The molecular weight excluding hydrogens is 224 g/mol. The average Bonchev–Trinajstić information content (AvgIpc) is 3.09. The molecule has 0 aromatic carbocycles. The zero-order valence-electron chi connectivity index (χ0n) is 9.77. The van der Waals surface area contributed by atoms with Crippen molar-refractivity contribution >= 4 is 27.5 Å². The van der Waals surface area contributed by atoms with Crippen LogP contribution in [0.4, 0.5) is 0 Å². The third-order valence-corrected chi connectivity index (χ3v) is 3.45. The van der Waals surface area contributed by atoms with Crippen LogP contribution in [0.5, 0.6) is 0 Å². The van der Waals surface area contributed by atoms with Gasteiger partial charge in [-0.15, -0.1) is 0 Å². The van der Waals surface area contributed by atoms with E-state index >= 15 is 0 Å². The monoisotopic (exact) mass is 236 g/mol. The van der Waals surface area contributed by atoms with Crippen molar-refractivity contribution in [3.63, 3.8) is 0 Å². The van der Waals surface area contributed by atoms with E-state index in [9.17, 15) is 0 Å². The molecule has 2 N–H and O–H groups in total. The van der Waals surface area contributed by atoms with Crippen LogP contribution in [0.25, 0.3) is 27.5 Å². The molecule has 0 saturated heterocycles. The van der Waals surface area contributed by atoms with Gasteiger partial charge >= 0.3 is 0 Å². The van der Waals surface area contributed by atoms with Crippen molar-refractivity contribution in [1.82, 2.24) is 20.3 Å². The number of aromatic nitrogens is 3.